The van der Waals surface area contributed by atoms with E-state index in [-0.39, 0.29) is 18.4 Å². The van der Waals surface area contributed by atoms with E-state index < -0.39 is 0 Å². The molecule has 2 aromatic rings. The second-order valence-corrected chi connectivity index (χ2v) is 6.25. The molecule has 3 heterocycles. The van der Waals surface area contributed by atoms with Crippen LogP contribution in [-0.2, 0) is 4.79 Å². The monoisotopic (exact) mass is 353 g/mol. The Balaban J connectivity index is 1.47. The maximum atomic E-state index is 12.8. The number of carbonyl (C=O) groups is 2. The fourth-order valence-electron chi connectivity index (χ4n) is 3.15. The Kier molecular flexibility index (Phi) is 4.16. The summed E-state index contributed by atoms with van der Waals surface area (Å²) in [5, 5.41) is 0. The quantitative estimate of drug-likeness (QED) is 0.794. The minimum atomic E-state index is -0.126. The number of likely N-dealkylation sites (N-methyl/N-ethyl adjacent to an activating group) is 1. The molecule has 0 saturated carbocycles. The highest BCUT2D eigenvalue weighted by Crippen LogP contribution is 2.32. The number of hydrogen-bond acceptors (Lipinski definition) is 6. The summed E-state index contributed by atoms with van der Waals surface area (Å²) in [6, 6.07) is 7.00. The van der Waals surface area contributed by atoms with Crippen LogP contribution in [-0.4, -0.2) is 66.5 Å². The van der Waals surface area contributed by atoms with Crippen LogP contribution in [0.5, 0.6) is 5.75 Å². The van der Waals surface area contributed by atoms with Crippen LogP contribution < -0.4 is 14.5 Å². The number of aromatic nitrogens is 2. The van der Waals surface area contributed by atoms with E-state index in [0.717, 1.165) is 0 Å². The van der Waals surface area contributed by atoms with Crippen molar-refractivity contribution in [2.24, 2.45) is 0 Å². The number of hydrogen-bond donors (Lipinski definition) is 0. The Labute approximate surface area is 151 Å². The van der Waals surface area contributed by atoms with Crippen molar-refractivity contribution in [2.45, 2.75) is 0 Å². The van der Waals surface area contributed by atoms with Crippen molar-refractivity contribution in [1.82, 2.24) is 14.9 Å². The van der Waals surface area contributed by atoms with Gasteiger partial charge in [0.2, 0.25) is 5.95 Å². The molecule has 0 spiro atoms. The van der Waals surface area contributed by atoms with Crippen molar-refractivity contribution in [3.63, 3.8) is 0 Å². The van der Waals surface area contributed by atoms with E-state index in [2.05, 4.69) is 14.9 Å². The number of anilines is 2. The van der Waals surface area contributed by atoms with Gasteiger partial charge in [0.25, 0.3) is 11.8 Å². The number of piperazine rings is 1. The molecule has 1 fully saturated rings. The summed E-state index contributed by atoms with van der Waals surface area (Å²) in [6.45, 7) is 2.59. The SMILES string of the molecule is CN1C(=O)COc2ccc(C(=O)N3CCN(c4ncccn4)CC3)cc21. The summed E-state index contributed by atoms with van der Waals surface area (Å²) in [6.07, 6.45) is 3.43. The van der Waals surface area contributed by atoms with E-state index in [0.29, 0.717) is 49.1 Å². The molecular weight excluding hydrogens is 334 g/mol. The van der Waals surface area contributed by atoms with Gasteiger partial charge >= 0.3 is 0 Å². The van der Waals surface area contributed by atoms with Crippen molar-refractivity contribution in [3.8, 4) is 5.75 Å². The Bertz CT molecular complexity index is 834. The number of nitrogens with zero attached hydrogens (tertiary/aromatic N) is 5. The van der Waals surface area contributed by atoms with Gasteiger partial charge in [-0.05, 0) is 24.3 Å². The van der Waals surface area contributed by atoms with Crippen LogP contribution in [0, 0.1) is 0 Å². The van der Waals surface area contributed by atoms with Gasteiger partial charge in [0.1, 0.15) is 5.75 Å². The van der Waals surface area contributed by atoms with E-state index in [1.54, 1.807) is 43.7 Å². The van der Waals surface area contributed by atoms with Crippen LogP contribution in [0.3, 0.4) is 0 Å². The molecule has 0 aliphatic carbocycles. The molecule has 1 aromatic carbocycles. The number of benzene rings is 1. The second-order valence-electron chi connectivity index (χ2n) is 6.25. The molecular formula is C18H19N5O3. The van der Waals surface area contributed by atoms with Gasteiger partial charge in [-0.2, -0.15) is 0 Å². The number of rotatable bonds is 2. The van der Waals surface area contributed by atoms with Crippen molar-refractivity contribution in [1.29, 1.82) is 0 Å². The molecule has 0 radical (unpaired) electrons. The van der Waals surface area contributed by atoms with Crippen molar-refractivity contribution in [2.75, 3.05) is 49.6 Å². The summed E-state index contributed by atoms with van der Waals surface area (Å²) in [4.78, 5) is 38.6. The first kappa shape index (κ1) is 16.3. The molecule has 1 saturated heterocycles. The van der Waals surface area contributed by atoms with Crippen LogP contribution in [0.1, 0.15) is 10.4 Å². The molecule has 0 atom stereocenters. The Morgan fingerprint density at radius 1 is 1.12 bits per heavy atom. The fraction of sp³-hybridized carbons (Fsp3) is 0.333. The first-order valence-corrected chi connectivity index (χ1v) is 8.48. The highest BCUT2D eigenvalue weighted by atomic mass is 16.5. The van der Waals surface area contributed by atoms with E-state index in [9.17, 15) is 9.59 Å². The van der Waals surface area contributed by atoms with E-state index in [1.807, 2.05) is 4.90 Å². The molecule has 4 rings (SSSR count). The molecule has 0 unspecified atom stereocenters. The van der Waals surface area contributed by atoms with Gasteiger partial charge in [-0.15, -0.1) is 0 Å². The molecule has 2 amide bonds. The van der Waals surface area contributed by atoms with Gasteiger partial charge in [-0.25, -0.2) is 9.97 Å². The summed E-state index contributed by atoms with van der Waals surface area (Å²) < 4.78 is 5.41. The van der Waals surface area contributed by atoms with Gasteiger partial charge < -0.3 is 19.4 Å². The van der Waals surface area contributed by atoms with E-state index >= 15 is 0 Å². The zero-order chi connectivity index (χ0) is 18.1. The third kappa shape index (κ3) is 2.94. The molecule has 1 aromatic heterocycles. The molecule has 8 heteroatoms. The topological polar surface area (TPSA) is 78.9 Å². The van der Waals surface area contributed by atoms with Crippen molar-refractivity contribution in [3.05, 3.63) is 42.2 Å². The smallest absolute Gasteiger partial charge is 0.264 e. The number of amides is 2. The largest absolute Gasteiger partial charge is 0.482 e. The highest BCUT2D eigenvalue weighted by molar-refractivity contribution is 6.01. The van der Waals surface area contributed by atoms with Crippen LogP contribution in [0.15, 0.2) is 36.7 Å². The molecule has 8 nitrogen and oxygen atoms in total. The Morgan fingerprint density at radius 3 is 2.58 bits per heavy atom. The van der Waals surface area contributed by atoms with Crippen LogP contribution >= 0.6 is 0 Å². The highest BCUT2D eigenvalue weighted by Gasteiger charge is 2.27. The van der Waals surface area contributed by atoms with Gasteiger partial charge in [0.05, 0.1) is 5.69 Å². The van der Waals surface area contributed by atoms with Gasteiger partial charge in [-0.1, -0.05) is 0 Å². The second kappa shape index (κ2) is 6.62. The Morgan fingerprint density at radius 2 is 1.85 bits per heavy atom. The molecule has 134 valence electrons. The molecule has 0 bridgehead atoms. The van der Waals surface area contributed by atoms with Crippen molar-refractivity contribution >= 4 is 23.5 Å². The lowest BCUT2D eigenvalue weighted by molar-refractivity contribution is -0.120. The third-order valence-electron chi connectivity index (χ3n) is 4.69. The minimum absolute atomic E-state index is 0.0281. The van der Waals surface area contributed by atoms with Crippen LogP contribution in [0.25, 0.3) is 0 Å². The molecule has 2 aliphatic heterocycles. The summed E-state index contributed by atoms with van der Waals surface area (Å²) in [5.41, 5.74) is 1.18. The van der Waals surface area contributed by atoms with Gasteiger partial charge in [0.15, 0.2) is 6.61 Å². The summed E-state index contributed by atoms with van der Waals surface area (Å²) in [7, 11) is 1.69. The molecule has 2 aliphatic rings. The van der Waals surface area contributed by atoms with Crippen LogP contribution in [0.2, 0.25) is 0 Å². The maximum absolute atomic E-state index is 12.8. The van der Waals surface area contributed by atoms with Crippen LogP contribution in [0.4, 0.5) is 11.6 Å². The first-order chi connectivity index (χ1) is 12.6. The molecule has 0 N–H and O–H groups in total. The lowest BCUT2D eigenvalue weighted by Crippen LogP contribution is -2.49. The normalized spacial score (nSPS) is 17.0. The van der Waals surface area contributed by atoms with Gasteiger partial charge in [-0.3, -0.25) is 9.59 Å². The van der Waals surface area contributed by atoms with Gasteiger partial charge in [0, 0.05) is 51.2 Å². The fourth-order valence-corrected chi connectivity index (χ4v) is 3.15. The summed E-state index contributed by atoms with van der Waals surface area (Å²) >= 11 is 0. The average molecular weight is 353 g/mol. The average Bonchev–Trinajstić information content (AvgIpc) is 2.71. The first-order valence-electron chi connectivity index (χ1n) is 8.48. The predicted octanol–water partition coefficient (Wildman–Crippen LogP) is 0.794. The lowest BCUT2D eigenvalue weighted by atomic mass is 10.1. The Hall–Kier alpha value is -3.16. The zero-order valence-corrected chi connectivity index (χ0v) is 14.5. The van der Waals surface area contributed by atoms with E-state index in [4.69, 9.17) is 4.74 Å². The van der Waals surface area contributed by atoms with E-state index in [1.165, 1.54) is 4.90 Å². The number of fused-ring (bicyclic) bond motifs is 1. The lowest BCUT2D eigenvalue weighted by Gasteiger charge is -2.35. The maximum Gasteiger partial charge on any atom is 0.264 e. The number of carbonyl (C=O) groups excluding carboxylic acids is 2. The minimum Gasteiger partial charge on any atom is -0.482 e. The zero-order valence-electron chi connectivity index (χ0n) is 14.5. The van der Waals surface area contributed by atoms with Crippen molar-refractivity contribution < 1.29 is 14.3 Å². The summed E-state index contributed by atoms with van der Waals surface area (Å²) in [5.74, 6) is 1.13. The third-order valence-corrected chi connectivity index (χ3v) is 4.69. The molecule has 26 heavy (non-hydrogen) atoms. The number of ether oxygens (including phenoxy) is 1. The predicted molar refractivity (Wildman–Crippen MR) is 95.5 cm³/mol. The standard InChI is InChI=1S/C18H19N5O3/c1-21-14-11-13(3-4-15(14)26-12-16(21)24)17(25)22-7-9-23(10-8-22)18-19-5-2-6-20-18/h2-6,11H,7-10,12H2,1H3.